The number of hydrogen-bond acceptors (Lipinski definition) is 3. The Bertz CT molecular complexity index is 392. The van der Waals surface area contributed by atoms with Crippen LogP contribution in [-0.4, -0.2) is 22.6 Å². The van der Waals surface area contributed by atoms with Gasteiger partial charge in [-0.3, -0.25) is 0 Å². The number of anilines is 1. The molecule has 0 amide bonds. The molecule has 0 bridgehead atoms. The maximum Gasteiger partial charge on any atom is 0.225 e. The van der Waals surface area contributed by atoms with Crippen LogP contribution in [0, 0.1) is 0 Å². The first-order valence-electron chi connectivity index (χ1n) is 9.31. The van der Waals surface area contributed by atoms with Crippen molar-refractivity contribution in [1.29, 1.82) is 0 Å². The number of hydrogen-bond donors (Lipinski definition) is 0. The first-order valence-corrected chi connectivity index (χ1v) is 9.31. The molecule has 0 spiro atoms. The van der Waals surface area contributed by atoms with E-state index in [1.807, 2.05) is 6.20 Å². The highest BCUT2D eigenvalue weighted by atomic mass is 15.3. The molecule has 0 aliphatic carbocycles. The van der Waals surface area contributed by atoms with Gasteiger partial charge in [-0.05, 0) is 38.7 Å². The second-order valence-electron chi connectivity index (χ2n) is 6.34. The molecule has 22 heavy (non-hydrogen) atoms. The summed E-state index contributed by atoms with van der Waals surface area (Å²) >= 11 is 0. The SMILES string of the molecule is CCCCCC(C)N(CCCC)c1nccc(CCCC)n1. The molecule has 1 rings (SSSR count). The molecule has 3 heteroatoms. The van der Waals surface area contributed by atoms with Crippen LogP contribution in [0.5, 0.6) is 0 Å². The summed E-state index contributed by atoms with van der Waals surface area (Å²) < 4.78 is 0. The van der Waals surface area contributed by atoms with E-state index >= 15 is 0 Å². The van der Waals surface area contributed by atoms with Crippen molar-refractivity contribution in [2.24, 2.45) is 0 Å². The van der Waals surface area contributed by atoms with Crippen LogP contribution in [0.25, 0.3) is 0 Å². The highest BCUT2D eigenvalue weighted by molar-refractivity contribution is 5.31. The van der Waals surface area contributed by atoms with E-state index in [1.165, 1.54) is 57.1 Å². The van der Waals surface area contributed by atoms with Crippen molar-refractivity contribution < 1.29 is 0 Å². The quantitative estimate of drug-likeness (QED) is 0.484. The maximum absolute atomic E-state index is 4.83. The summed E-state index contributed by atoms with van der Waals surface area (Å²) in [5.41, 5.74) is 1.19. The lowest BCUT2D eigenvalue weighted by Gasteiger charge is -2.29. The molecule has 1 atom stereocenters. The Balaban J connectivity index is 2.76. The molecular weight excluding hydrogens is 270 g/mol. The minimum atomic E-state index is 0.527. The van der Waals surface area contributed by atoms with Gasteiger partial charge in [-0.15, -0.1) is 0 Å². The Kier molecular flexibility index (Phi) is 9.85. The summed E-state index contributed by atoms with van der Waals surface area (Å²) in [6, 6.07) is 2.60. The zero-order valence-electron chi connectivity index (χ0n) is 15.1. The largest absolute Gasteiger partial charge is 0.338 e. The van der Waals surface area contributed by atoms with Gasteiger partial charge in [0.2, 0.25) is 5.95 Å². The van der Waals surface area contributed by atoms with Gasteiger partial charge < -0.3 is 4.90 Å². The van der Waals surface area contributed by atoms with Gasteiger partial charge in [0, 0.05) is 24.5 Å². The molecule has 0 radical (unpaired) electrons. The third-order valence-electron chi connectivity index (χ3n) is 4.25. The number of aryl methyl sites for hydroxylation is 1. The molecule has 0 aromatic carbocycles. The summed E-state index contributed by atoms with van der Waals surface area (Å²) in [6.45, 7) is 10.1. The van der Waals surface area contributed by atoms with Crippen LogP contribution < -0.4 is 4.90 Å². The fraction of sp³-hybridized carbons (Fsp3) is 0.789. The fourth-order valence-corrected chi connectivity index (χ4v) is 2.71. The van der Waals surface area contributed by atoms with Crippen LogP contribution in [0.4, 0.5) is 5.95 Å². The van der Waals surface area contributed by atoms with E-state index in [0.717, 1.165) is 18.9 Å². The van der Waals surface area contributed by atoms with Crippen LogP contribution in [-0.2, 0) is 6.42 Å². The van der Waals surface area contributed by atoms with E-state index in [0.29, 0.717) is 6.04 Å². The Morgan fingerprint density at radius 3 is 2.41 bits per heavy atom. The summed E-state index contributed by atoms with van der Waals surface area (Å²) in [6.07, 6.45) is 13.0. The van der Waals surface area contributed by atoms with E-state index in [2.05, 4.69) is 43.6 Å². The van der Waals surface area contributed by atoms with Gasteiger partial charge in [0.1, 0.15) is 0 Å². The second-order valence-corrected chi connectivity index (χ2v) is 6.34. The first kappa shape index (κ1) is 18.9. The summed E-state index contributed by atoms with van der Waals surface area (Å²) in [4.78, 5) is 11.8. The van der Waals surface area contributed by atoms with Crippen LogP contribution in [0.1, 0.15) is 84.8 Å². The Hall–Kier alpha value is -1.12. The molecule has 0 aliphatic rings. The van der Waals surface area contributed by atoms with E-state index in [-0.39, 0.29) is 0 Å². The van der Waals surface area contributed by atoms with E-state index < -0.39 is 0 Å². The molecule has 126 valence electrons. The molecule has 0 N–H and O–H groups in total. The average molecular weight is 306 g/mol. The Morgan fingerprint density at radius 2 is 1.73 bits per heavy atom. The van der Waals surface area contributed by atoms with E-state index in [4.69, 9.17) is 4.98 Å². The summed E-state index contributed by atoms with van der Waals surface area (Å²) in [5, 5.41) is 0. The third-order valence-corrected chi connectivity index (χ3v) is 4.25. The van der Waals surface area contributed by atoms with Gasteiger partial charge in [-0.2, -0.15) is 0 Å². The number of nitrogens with zero attached hydrogens (tertiary/aromatic N) is 3. The lowest BCUT2D eigenvalue weighted by molar-refractivity contribution is 0.528. The minimum Gasteiger partial charge on any atom is -0.338 e. The normalized spacial score (nSPS) is 12.4. The van der Waals surface area contributed by atoms with Crippen LogP contribution >= 0.6 is 0 Å². The van der Waals surface area contributed by atoms with Gasteiger partial charge >= 0.3 is 0 Å². The molecule has 1 unspecified atom stereocenters. The summed E-state index contributed by atoms with van der Waals surface area (Å²) in [5.74, 6) is 0.936. The number of rotatable bonds is 12. The number of aromatic nitrogens is 2. The van der Waals surface area contributed by atoms with Gasteiger partial charge in [-0.25, -0.2) is 9.97 Å². The second kappa shape index (κ2) is 11.4. The first-order chi connectivity index (χ1) is 10.7. The zero-order valence-corrected chi connectivity index (χ0v) is 15.1. The lowest BCUT2D eigenvalue weighted by Crippen LogP contribution is -2.35. The van der Waals surface area contributed by atoms with Crippen molar-refractivity contribution in [3.05, 3.63) is 18.0 Å². The van der Waals surface area contributed by atoms with Crippen molar-refractivity contribution in [1.82, 2.24) is 9.97 Å². The molecular formula is C19H35N3. The van der Waals surface area contributed by atoms with Crippen molar-refractivity contribution in [2.45, 2.75) is 91.5 Å². The van der Waals surface area contributed by atoms with Gasteiger partial charge in [0.25, 0.3) is 0 Å². The molecule has 0 fully saturated rings. The molecule has 1 aromatic rings. The molecule has 1 heterocycles. The molecule has 0 saturated carbocycles. The predicted molar refractivity (Wildman–Crippen MR) is 96.5 cm³/mol. The molecule has 0 saturated heterocycles. The maximum atomic E-state index is 4.83. The smallest absolute Gasteiger partial charge is 0.225 e. The molecule has 1 aromatic heterocycles. The van der Waals surface area contributed by atoms with Crippen molar-refractivity contribution in [3.63, 3.8) is 0 Å². The number of unbranched alkanes of at least 4 members (excludes halogenated alkanes) is 4. The fourth-order valence-electron chi connectivity index (χ4n) is 2.71. The van der Waals surface area contributed by atoms with Crippen molar-refractivity contribution in [2.75, 3.05) is 11.4 Å². The van der Waals surface area contributed by atoms with Gasteiger partial charge in [0.05, 0.1) is 0 Å². The van der Waals surface area contributed by atoms with Crippen LogP contribution in [0.2, 0.25) is 0 Å². The molecule has 3 nitrogen and oxygen atoms in total. The van der Waals surface area contributed by atoms with Gasteiger partial charge in [0.15, 0.2) is 0 Å². The van der Waals surface area contributed by atoms with Crippen molar-refractivity contribution in [3.8, 4) is 0 Å². The monoisotopic (exact) mass is 305 g/mol. The standard InChI is InChI=1S/C19H35N3/c1-5-8-11-12-17(4)22(16-10-7-3)19-20-15-14-18(21-19)13-9-6-2/h14-15,17H,5-13,16H2,1-4H3. The zero-order chi connectivity index (χ0) is 16.2. The minimum absolute atomic E-state index is 0.527. The van der Waals surface area contributed by atoms with E-state index in [1.54, 1.807) is 0 Å². The lowest BCUT2D eigenvalue weighted by atomic mass is 10.1. The average Bonchev–Trinajstić information content (AvgIpc) is 2.54. The highest BCUT2D eigenvalue weighted by Crippen LogP contribution is 2.18. The van der Waals surface area contributed by atoms with E-state index in [9.17, 15) is 0 Å². The van der Waals surface area contributed by atoms with Crippen molar-refractivity contribution >= 4 is 5.95 Å². The van der Waals surface area contributed by atoms with Gasteiger partial charge in [-0.1, -0.05) is 52.9 Å². The summed E-state index contributed by atoms with van der Waals surface area (Å²) in [7, 11) is 0. The Labute approximate surface area is 137 Å². The highest BCUT2D eigenvalue weighted by Gasteiger charge is 2.16. The van der Waals surface area contributed by atoms with Crippen LogP contribution in [0.3, 0.4) is 0 Å². The molecule has 0 aliphatic heterocycles. The van der Waals surface area contributed by atoms with Crippen LogP contribution in [0.15, 0.2) is 12.3 Å². The Morgan fingerprint density at radius 1 is 1.00 bits per heavy atom. The predicted octanol–water partition coefficient (Wildman–Crippen LogP) is 5.39. The topological polar surface area (TPSA) is 29.0 Å². The third kappa shape index (κ3) is 6.76.